The van der Waals surface area contributed by atoms with E-state index in [0.717, 1.165) is 25.9 Å². The summed E-state index contributed by atoms with van der Waals surface area (Å²) in [6.07, 6.45) is 3.69. The molecule has 1 saturated heterocycles. The van der Waals surface area contributed by atoms with Gasteiger partial charge in [0.2, 0.25) is 0 Å². The number of nitrogen functional groups attached to an aromatic ring is 1. The van der Waals surface area contributed by atoms with Gasteiger partial charge in [-0.05, 0) is 25.9 Å². The maximum absolute atomic E-state index is 11.3. The molecule has 1 aromatic rings. The van der Waals surface area contributed by atoms with Gasteiger partial charge in [0.05, 0.1) is 0 Å². The summed E-state index contributed by atoms with van der Waals surface area (Å²) in [7, 11) is 0. The summed E-state index contributed by atoms with van der Waals surface area (Å²) in [4.78, 5) is 13.9. The highest BCUT2D eigenvalue weighted by Crippen LogP contribution is 2.16. The number of aromatic nitrogens is 2. The smallest absolute Gasteiger partial charge is 0.327 e. The molecule has 1 aliphatic rings. The molecule has 1 aromatic heterocycles. The summed E-state index contributed by atoms with van der Waals surface area (Å²) in [5.41, 5.74) is 5.40. The van der Waals surface area contributed by atoms with E-state index in [1.807, 2.05) is 0 Å². The number of anilines is 1. The van der Waals surface area contributed by atoms with Gasteiger partial charge in [-0.2, -0.15) is 0 Å². The van der Waals surface area contributed by atoms with Crippen molar-refractivity contribution in [2.45, 2.75) is 18.9 Å². The highest BCUT2D eigenvalue weighted by Gasteiger charge is 2.16. The van der Waals surface area contributed by atoms with E-state index < -0.39 is 0 Å². The molecular weight excluding hydrogens is 168 g/mol. The Hall–Kier alpha value is -1.23. The van der Waals surface area contributed by atoms with Crippen LogP contribution in [0.2, 0.25) is 0 Å². The van der Waals surface area contributed by atoms with Crippen molar-refractivity contribution in [3.8, 4) is 0 Å². The van der Waals surface area contributed by atoms with Crippen molar-refractivity contribution in [3.63, 3.8) is 0 Å². The first-order chi connectivity index (χ1) is 6.27. The number of rotatable bonds is 1. The number of hydrogen-bond donors (Lipinski definition) is 3. The Balaban J connectivity index is 2.23. The van der Waals surface area contributed by atoms with E-state index in [0.29, 0.717) is 11.9 Å². The monoisotopic (exact) mass is 182 g/mol. The number of H-pyrrole nitrogens is 1. The van der Waals surface area contributed by atoms with Crippen LogP contribution in [-0.2, 0) is 0 Å². The van der Waals surface area contributed by atoms with E-state index in [1.165, 1.54) is 0 Å². The molecule has 0 atom stereocenters. The molecule has 72 valence electrons. The average Bonchev–Trinajstić information content (AvgIpc) is 2.47. The first kappa shape index (κ1) is 8.37. The molecule has 0 aromatic carbocycles. The van der Waals surface area contributed by atoms with Crippen molar-refractivity contribution in [2.75, 3.05) is 18.8 Å². The molecular formula is C8H14N4O. The molecule has 0 bridgehead atoms. The molecule has 0 aliphatic carbocycles. The summed E-state index contributed by atoms with van der Waals surface area (Å²) in [6.45, 7) is 1.95. The van der Waals surface area contributed by atoms with Crippen LogP contribution >= 0.6 is 0 Å². The second-order valence-electron chi connectivity index (χ2n) is 3.40. The van der Waals surface area contributed by atoms with Crippen LogP contribution in [0.4, 0.5) is 5.82 Å². The predicted molar refractivity (Wildman–Crippen MR) is 50.6 cm³/mol. The highest BCUT2D eigenvalue weighted by atomic mass is 16.1. The second kappa shape index (κ2) is 3.26. The van der Waals surface area contributed by atoms with Crippen LogP contribution in [0.3, 0.4) is 0 Å². The highest BCUT2D eigenvalue weighted by molar-refractivity contribution is 5.23. The zero-order valence-corrected chi connectivity index (χ0v) is 7.42. The molecule has 0 unspecified atom stereocenters. The van der Waals surface area contributed by atoms with E-state index >= 15 is 0 Å². The van der Waals surface area contributed by atoms with Crippen LogP contribution in [0, 0.1) is 0 Å². The third kappa shape index (κ3) is 1.60. The lowest BCUT2D eigenvalue weighted by Gasteiger charge is -2.22. The van der Waals surface area contributed by atoms with Crippen LogP contribution in [0.25, 0.3) is 0 Å². The van der Waals surface area contributed by atoms with Gasteiger partial charge in [0.1, 0.15) is 5.82 Å². The van der Waals surface area contributed by atoms with Crippen molar-refractivity contribution in [1.29, 1.82) is 0 Å². The quantitative estimate of drug-likeness (QED) is 0.557. The maximum Gasteiger partial charge on any atom is 0.327 e. The van der Waals surface area contributed by atoms with E-state index in [-0.39, 0.29) is 5.69 Å². The van der Waals surface area contributed by atoms with Gasteiger partial charge in [0.15, 0.2) is 0 Å². The lowest BCUT2D eigenvalue weighted by Crippen LogP contribution is -2.32. The molecule has 5 heteroatoms. The lowest BCUT2D eigenvalue weighted by molar-refractivity contribution is 0.361. The number of nitrogens with two attached hydrogens (primary N) is 1. The Morgan fingerprint density at radius 1 is 1.46 bits per heavy atom. The van der Waals surface area contributed by atoms with Gasteiger partial charge in [-0.25, -0.2) is 4.79 Å². The normalized spacial score (nSPS) is 19.1. The molecule has 0 spiro atoms. The fourth-order valence-corrected chi connectivity index (χ4v) is 1.78. The SMILES string of the molecule is Nc1cn(C2CCNCC2)c(=O)[nH]1. The zero-order valence-electron chi connectivity index (χ0n) is 7.42. The predicted octanol–water partition coefficient (Wildman–Crippen LogP) is -0.317. The number of piperidine rings is 1. The van der Waals surface area contributed by atoms with E-state index in [2.05, 4.69) is 10.3 Å². The molecule has 0 saturated carbocycles. The zero-order chi connectivity index (χ0) is 9.26. The Morgan fingerprint density at radius 3 is 2.69 bits per heavy atom. The number of nitrogens with zero attached hydrogens (tertiary/aromatic N) is 1. The van der Waals surface area contributed by atoms with E-state index in [4.69, 9.17) is 5.73 Å². The maximum atomic E-state index is 11.3. The van der Waals surface area contributed by atoms with Gasteiger partial charge < -0.3 is 11.1 Å². The third-order valence-electron chi connectivity index (χ3n) is 2.47. The summed E-state index contributed by atoms with van der Waals surface area (Å²) < 4.78 is 1.70. The largest absolute Gasteiger partial charge is 0.384 e. The minimum absolute atomic E-state index is 0.0931. The molecule has 0 radical (unpaired) electrons. The average molecular weight is 182 g/mol. The van der Waals surface area contributed by atoms with Crippen molar-refractivity contribution in [1.82, 2.24) is 14.9 Å². The fraction of sp³-hybridized carbons (Fsp3) is 0.625. The summed E-state index contributed by atoms with van der Waals surface area (Å²) >= 11 is 0. The molecule has 2 heterocycles. The topological polar surface area (TPSA) is 75.8 Å². The Morgan fingerprint density at radius 2 is 2.15 bits per heavy atom. The van der Waals surface area contributed by atoms with Gasteiger partial charge in [0.25, 0.3) is 0 Å². The van der Waals surface area contributed by atoms with Crippen molar-refractivity contribution in [2.24, 2.45) is 0 Å². The Kier molecular flexibility index (Phi) is 2.10. The molecule has 4 N–H and O–H groups in total. The van der Waals surface area contributed by atoms with Gasteiger partial charge in [-0.15, -0.1) is 0 Å². The van der Waals surface area contributed by atoms with E-state index in [9.17, 15) is 4.79 Å². The van der Waals surface area contributed by atoms with E-state index in [1.54, 1.807) is 10.8 Å². The fourth-order valence-electron chi connectivity index (χ4n) is 1.78. The molecule has 2 rings (SSSR count). The van der Waals surface area contributed by atoms with Crippen molar-refractivity contribution in [3.05, 3.63) is 16.7 Å². The first-order valence-corrected chi connectivity index (χ1v) is 4.55. The summed E-state index contributed by atoms with van der Waals surface area (Å²) in [5.74, 6) is 0.448. The minimum Gasteiger partial charge on any atom is -0.384 e. The standard InChI is InChI=1S/C8H14N4O/c9-7-5-12(8(13)11-7)6-1-3-10-4-2-6/h5-6,10H,1-4,9H2,(H,11,13). The summed E-state index contributed by atoms with van der Waals surface area (Å²) in [5, 5.41) is 3.25. The Labute approximate surface area is 75.9 Å². The summed E-state index contributed by atoms with van der Waals surface area (Å²) in [6, 6.07) is 0.308. The van der Waals surface area contributed by atoms with Crippen molar-refractivity contribution < 1.29 is 0 Å². The van der Waals surface area contributed by atoms with Gasteiger partial charge >= 0.3 is 5.69 Å². The lowest BCUT2D eigenvalue weighted by atomic mass is 10.1. The van der Waals surface area contributed by atoms with Crippen molar-refractivity contribution >= 4 is 5.82 Å². The molecule has 5 nitrogen and oxygen atoms in total. The van der Waals surface area contributed by atoms with Crippen LogP contribution in [0.1, 0.15) is 18.9 Å². The molecule has 13 heavy (non-hydrogen) atoms. The molecule has 1 fully saturated rings. The van der Waals surface area contributed by atoms with Crippen LogP contribution in [0.5, 0.6) is 0 Å². The van der Waals surface area contributed by atoms with Gasteiger partial charge in [-0.3, -0.25) is 9.55 Å². The second-order valence-corrected chi connectivity index (χ2v) is 3.40. The number of nitrogens with one attached hydrogen (secondary N) is 2. The Bertz CT molecular complexity index is 334. The van der Waals surface area contributed by atoms with Gasteiger partial charge in [0, 0.05) is 12.2 Å². The molecule has 0 amide bonds. The number of hydrogen-bond acceptors (Lipinski definition) is 3. The van der Waals surface area contributed by atoms with Gasteiger partial charge in [-0.1, -0.05) is 0 Å². The number of aromatic amines is 1. The first-order valence-electron chi connectivity index (χ1n) is 4.55. The number of imidazole rings is 1. The van der Waals surface area contributed by atoms with Crippen LogP contribution in [0.15, 0.2) is 11.0 Å². The third-order valence-corrected chi connectivity index (χ3v) is 2.47. The minimum atomic E-state index is -0.0931. The van der Waals surface area contributed by atoms with Crippen LogP contribution < -0.4 is 16.7 Å². The van der Waals surface area contributed by atoms with Crippen LogP contribution in [-0.4, -0.2) is 22.6 Å². The molecule has 1 aliphatic heterocycles.